The molecule has 0 saturated heterocycles. The van der Waals surface area contributed by atoms with E-state index >= 15 is 0 Å². The molecule has 0 bridgehead atoms. The van der Waals surface area contributed by atoms with Gasteiger partial charge in [0.1, 0.15) is 5.75 Å². The Balaban J connectivity index is 2.29. The molecule has 0 atom stereocenters. The van der Waals surface area contributed by atoms with Gasteiger partial charge in [-0.1, -0.05) is 12.1 Å². The van der Waals surface area contributed by atoms with Crippen LogP contribution in [0.25, 0.3) is 10.9 Å². The third-order valence-electron chi connectivity index (χ3n) is 3.60. The highest BCUT2D eigenvalue weighted by Crippen LogP contribution is 2.25. The molecule has 0 unspecified atom stereocenters. The number of rotatable bonds is 8. The Bertz CT molecular complexity index is 661. The molecule has 0 aliphatic rings. The molecule has 6 heteroatoms. The predicted molar refractivity (Wildman–Crippen MR) is 85.3 cm³/mol. The summed E-state index contributed by atoms with van der Waals surface area (Å²) in [5, 5.41) is 11.1. The molecule has 1 heterocycles. The maximum Gasteiger partial charge on any atom is 0.256 e. The van der Waals surface area contributed by atoms with Gasteiger partial charge >= 0.3 is 0 Å². The van der Waals surface area contributed by atoms with E-state index in [1.807, 2.05) is 17.0 Å². The van der Waals surface area contributed by atoms with Crippen LogP contribution in [0.3, 0.4) is 0 Å². The van der Waals surface area contributed by atoms with Gasteiger partial charge in [-0.15, -0.1) is 0 Å². The van der Waals surface area contributed by atoms with Gasteiger partial charge in [-0.25, -0.2) is 0 Å². The van der Waals surface area contributed by atoms with E-state index in [1.165, 1.54) is 0 Å². The Morgan fingerprint density at radius 2 is 1.77 bits per heavy atom. The quantitative estimate of drug-likeness (QED) is 0.769. The molecule has 0 spiro atoms. The van der Waals surface area contributed by atoms with Crippen LogP contribution in [0.2, 0.25) is 0 Å². The number of pyridine rings is 1. The van der Waals surface area contributed by atoms with Crippen LogP contribution in [0.5, 0.6) is 5.75 Å². The lowest BCUT2D eigenvalue weighted by Gasteiger charge is -2.22. The maximum absolute atomic E-state index is 12.2. The fourth-order valence-corrected chi connectivity index (χ4v) is 2.35. The van der Waals surface area contributed by atoms with Gasteiger partial charge in [-0.05, 0) is 12.1 Å². The zero-order chi connectivity index (χ0) is 15.9. The second-order valence-electron chi connectivity index (χ2n) is 5.09. The SMILES string of the molecule is COCCN(CCOC)Cc1c(O)c2ccccc2[nH]c1=O. The van der Waals surface area contributed by atoms with Crippen molar-refractivity contribution >= 4 is 10.9 Å². The van der Waals surface area contributed by atoms with Crippen molar-refractivity contribution in [3.8, 4) is 5.75 Å². The second-order valence-corrected chi connectivity index (χ2v) is 5.09. The summed E-state index contributed by atoms with van der Waals surface area (Å²) in [6.07, 6.45) is 0. The highest BCUT2D eigenvalue weighted by molar-refractivity contribution is 5.85. The monoisotopic (exact) mass is 306 g/mol. The van der Waals surface area contributed by atoms with Crippen molar-refractivity contribution in [2.24, 2.45) is 0 Å². The van der Waals surface area contributed by atoms with Gasteiger partial charge in [0.2, 0.25) is 0 Å². The number of benzene rings is 1. The lowest BCUT2D eigenvalue weighted by molar-refractivity contribution is 0.109. The fourth-order valence-electron chi connectivity index (χ4n) is 2.35. The fraction of sp³-hybridized carbons (Fsp3) is 0.438. The smallest absolute Gasteiger partial charge is 0.256 e. The molecule has 2 rings (SSSR count). The molecule has 22 heavy (non-hydrogen) atoms. The molecule has 0 radical (unpaired) electrons. The molecule has 0 amide bonds. The summed E-state index contributed by atoms with van der Waals surface area (Å²) < 4.78 is 10.2. The lowest BCUT2D eigenvalue weighted by Crippen LogP contribution is -2.32. The molecule has 2 aromatic rings. The first-order chi connectivity index (χ1) is 10.7. The first-order valence-electron chi connectivity index (χ1n) is 7.20. The van der Waals surface area contributed by atoms with E-state index in [1.54, 1.807) is 26.4 Å². The number of aromatic amines is 1. The van der Waals surface area contributed by atoms with Crippen molar-refractivity contribution in [1.29, 1.82) is 0 Å². The van der Waals surface area contributed by atoms with Crippen LogP contribution < -0.4 is 5.56 Å². The molecule has 6 nitrogen and oxygen atoms in total. The van der Waals surface area contributed by atoms with Crippen LogP contribution in [0, 0.1) is 0 Å². The number of hydrogen-bond donors (Lipinski definition) is 2. The highest BCUT2D eigenvalue weighted by atomic mass is 16.5. The third kappa shape index (κ3) is 3.85. The van der Waals surface area contributed by atoms with Gasteiger partial charge in [-0.3, -0.25) is 9.69 Å². The van der Waals surface area contributed by atoms with Crippen molar-refractivity contribution in [3.63, 3.8) is 0 Å². The third-order valence-corrected chi connectivity index (χ3v) is 3.60. The number of para-hydroxylation sites is 1. The average Bonchev–Trinajstić information content (AvgIpc) is 2.53. The number of H-pyrrole nitrogens is 1. The summed E-state index contributed by atoms with van der Waals surface area (Å²) in [7, 11) is 3.27. The van der Waals surface area contributed by atoms with Crippen molar-refractivity contribution < 1.29 is 14.6 Å². The topological polar surface area (TPSA) is 74.8 Å². The highest BCUT2D eigenvalue weighted by Gasteiger charge is 2.15. The van der Waals surface area contributed by atoms with E-state index in [4.69, 9.17) is 9.47 Å². The second kappa shape index (κ2) is 7.93. The van der Waals surface area contributed by atoms with Crippen LogP contribution in [0.1, 0.15) is 5.56 Å². The Kier molecular flexibility index (Phi) is 5.94. The van der Waals surface area contributed by atoms with E-state index in [0.29, 0.717) is 49.3 Å². The zero-order valence-corrected chi connectivity index (χ0v) is 13.0. The average molecular weight is 306 g/mol. The minimum Gasteiger partial charge on any atom is -0.507 e. The first-order valence-corrected chi connectivity index (χ1v) is 7.20. The van der Waals surface area contributed by atoms with Crippen LogP contribution in [0.4, 0.5) is 0 Å². The lowest BCUT2D eigenvalue weighted by atomic mass is 10.1. The molecule has 0 aliphatic heterocycles. The van der Waals surface area contributed by atoms with Crippen LogP contribution in [-0.2, 0) is 16.0 Å². The number of ether oxygens (including phenoxy) is 2. The Morgan fingerprint density at radius 1 is 1.14 bits per heavy atom. The molecule has 1 aromatic carbocycles. The maximum atomic E-state index is 12.2. The number of hydrogen-bond acceptors (Lipinski definition) is 5. The number of nitrogens with zero attached hydrogens (tertiary/aromatic N) is 1. The Morgan fingerprint density at radius 3 is 2.41 bits per heavy atom. The van der Waals surface area contributed by atoms with E-state index in [-0.39, 0.29) is 11.3 Å². The zero-order valence-electron chi connectivity index (χ0n) is 13.0. The van der Waals surface area contributed by atoms with Crippen LogP contribution >= 0.6 is 0 Å². The molecule has 120 valence electrons. The Hall–Kier alpha value is -1.89. The van der Waals surface area contributed by atoms with Crippen LogP contribution in [0.15, 0.2) is 29.1 Å². The predicted octanol–water partition coefficient (Wildman–Crippen LogP) is 1.33. The minimum atomic E-state index is -0.268. The molecule has 0 fully saturated rings. The molecular formula is C16H22N2O4. The van der Waals surface area contributed by atoms with Crippen molar-refractivity contribution in [1.82, 2.24) is 9.88 Å². The van der Waals surface area contributed by atoms with Gasteiger partial charge in [-0.2, -0.15) is 0 Å². The molecule has 2 N–H and O–H groups in total. The van der Waals surface area contributed by atoms with Crippen molar-refractivity contribution in [2.45, 2.75) is 6.54 Å². The first kappa shape index (κ1) is 16.5. The molecule has 1 aromatic heterocycles. The molecule has 0 aliphatic carbocycles. The van der Waals surface area contributed by atoms with E-state index in [2.05, 4.69) is 4.98 Å². The van der Waals surface area contributed by atoms with E-state index in [0.717, 1.165) is 0 Å². The number of methoxy groups -OCH3 is 2. The normalized spacial score (nSPS) is 11.4. The van der Waals surface area contributed by atoms with Gasteiger partial charge in [0.25, 0.3) is 5.56 Å². The minimum absolute atomic E-state index is 0.0409. The van der Waals surface area contributed by atoms with Gasteiger partial charge in [0.05, 0.1) is 24.3 Å². The summed E-state index contributed by atoms with van der Waals surface area (Å²) in [5.74, 6) is 0.0409. The summed E-state index contributed by atoms with van der Waals surface area (Å²) in [4.78, 5) is 17.1. The molecular weight excluding hydrogens is 284 g/mol. The molecule has 0 saturated carbocycles. The summed E-state index contributed by atoms with van der Waals surface area (Å²) >= 11 is 0. The number of aromatic nitrogens is 1. The van der Waals surface area contributed by atoms with Crippen LogP contribution in [-0.4, -0.2) is 55.5 Å². The Labute approximate surface area is 129 Å². The van der Waals surface area contributed by atoms with Gasteiger partial charge in [0.15, 0.2) is 0 Å². The number of aromatic hydroxyl groups is 1. The van der Waals surface area contributed by atoms with Crippen molar-refractivity contribution in [2.75, 3.05) is 40.5 Å². The summed E-state index contributed by atoms with van der Waals surface area (Å²) in [5.41, 5.74) is 0.732. The van der Waals surface area contributed by atoms with E-state index in [9.17, 15) is 9.90 Å². The number of nitrogens with one attached hydrogen (secondary N) is 1. The summed E-state index contributed by atoms with van der Waals surface area (Å²) in [6, 6.07) is 7.21. The number of fused-ring (bicyclic) bond motifs is 1. The van der Waals surface area contributed by atoms with Crippen molar-refractivity contribution in [3.05, 3.63) is 40.2 Å². The van der Waals surface area contributed by atoms with E-state index < -0.39 is 0 Å². The summed E-state index contributed by atoms with van der Waals surface area (Å²) in [6.45, 7) is 2.77. The van der Waals surface area contributed by atoms with Gasteiger partial charge < -0.3 is 19.6 Å². The van der Waals surface area contributed by atoms with Gasteiger partial charge in [0, 0.05) is 39.2 Å². The largest absolute Gasteiger partial charge is 0.507 e. The standard InChI is InChI=1S/C16H22N2O4/c1-21-9-7-18(8-10-22-2)11-13-15(19)12-5-3-4-6-14(12)17-16(13)20/h3-6H,7-11H2,1-2H3,(H2,17,19,20).